The van der Waals surface area contributed by atoms with E-state index in [0.29, 0.717) is 5.57 Å². The lowest BCUT2D eigenvalue weighted by Crippen LogP contribution is -2.35. The molecule has 1 aliphatic carbocycles. The van der Waals surface area contributed by atoms with E-state index in [1.54, 1.807) is 24.3 Å². The topological polar surface area (TPSA) is 92.4 Å². The second-order valence-electron chi connectivity index (χ2n) is 3.74. The van der Waals surface area contributed by atoms with E-state index >= 15 is 0 Å². The molecule has 0 saturated carbocycles. The lowest BCUT2D eigenvalue weighted by atomic mass is 10.1. The van der Waals surface area contributed by atoms with Crippen molar-refractivity contribution in [1.29, 1.82) is 0 Å². The highest BCUT2D eigenvalue weighted by Gasteiger charge is 2.12. The molecule has 0 heterocycles. The number of rotatable bonds is 5. The van der Waals surface area contributed by atoms with E-state index in [4.69, 9.17) is 10.8 Å². The van der Waals surface area contributed by atoms with E-state index in [1.807, 2.05) is 18.2 Å². The third kappa shape index (κ3) is 4.80. The first-order valence-electron chi connectivity index (χ1n) is 5.59. The van der Waals surface area contributed by atoms with Crippen molar-refractivity contribution in [2.45, 2.75) is 12.5 Å². The van der Waals surface area contributed by atoms with Gasteiger partial charge in [-0.3, -0.25) is 9.59 Å². The number of carboxylic acid groups (broad SMARTS) is 1. The molecule has 0 aromatic carbocycles. The highest BCUT2D eigenvalue weighted by Crippen LogP contribution is 2.01. The summed E-state index contributed by atoms with van der Waals surface area (Å²) in [7, 11) is 0. The maximum Gasteiger partial charge on any atom is 0.320 e. The molecule has 0 aliphatic heterocycles. The second kappa shape index (κ2) is 7.24. The first kappa shape index (κ1) is 13.9. The van der Waals surface area contributed by atoms with E-state index in [-0.39, 0.29) is 18.9 Å². The Morgan fingerprint density at radius 2 is 1.89 bits per heavy atom. The predicted octanol–water partition coefficient (Wildman–Crippen LogP) is 0.513. The number of hydrogen-bond donors (Lipinski definition) is 3. The van der Waals surface area contributed by atoms with Crippen molar-refractivity contribution in [2.24, 2.45) is 5.73 Å². The maximum absolute atomic E-state index is 11.7. The van der Waals surface area contributed by atoms with E-state index in [1.165, 1.54) is 0 Å². The van der Waals surface area contributed by atoms with Crippen molar-refractivity contribution >= 4 is 11.9 Å². The summed E-state index contributed by atoms with van der Waals surface area (Å²) in [6, 6.07) is -0.949. The molecule has 1 aliphatic rings. The summed E-state index contributed by atoms with van der Waals surface area (Å²) in [4.78, 5) is 22.2. The summed E-state index contributed by atoms with van der Waals surface area (Å²) in [5.74, 6) is -1.31. The van der Waals surface area contributed by atoms with Gasteiger partial charge in [0.1, 0.15) is 6.04 Å². The number of hydrogen-bond acceptors (Lipinski definition) is 3. The number of carbonyl (C=O) groups excluding carboxylic acids is 1. The number of carbonyl (C=O) groups is 2. The largest absolute Gasteiger partial charge is 0.480 e. The molecule has 1 amide bonds. The van der Waals surface area contributed by atoms with Gasteiger partial charge < -0.3 is 16.2 Å². The number of allylic oxidation sites excluding steroid dienone is 6. The molecule has 4 N–H and O–H groups in total. The Labute approximate surface area is 105 Å². The molecule has 1 atom stereocenters. The van der Waals surface area contributed by atoms with Gasteiger partial charge in [-0.15, -0.1) is 0 Å². The Hall–Kier alpha value is -2.14. The summed E-state index contributed by atoms with van der Waals surface area (Å²) >= 11 is 0. The standard InChI is InChI=1S/C13H16N2O3/c14-11(13(17)18)8-9-15-12(16)10-6-4-2-1-3-5-7-10/h1-7,11H,8-9,14H2,(H,15,16)(H,17,18)/b2-1-,3-1?,4-2?,5-3-,6-4-,7-5?,10-6?,10-7+. The monoisotopic (exact) mass is 248 g/mol. The fourth-order valence-corrected chi connectivity index (χ4v) is 1.28. The first-order valence-corrected chi connectivity index (χ1v) is 5.59. The smallest absolute Gasteiger partial charge is 0.320 e. The Morgan fingerprint density at radius 1 is 1.22 bits per heavy atom. The summed E-state index contributed by atoms with van der Waals surface area (Å²) in [6.07, 6.45) is 12.6. The van der Waals surface area contributed by atoms with Crippen LogP contribution in [0.3, 0.4) is 0 Å². The maximum atomic E-state index is 11.7. The van der Waals surface area contributed by atoms with Crippen LogP contribution < -0.4 is 11.1 Å². The van der Waals surface area contributed by atoms with Gasteiger partial charge in [0.15, 0.2) is 0 Å². The number of aliphatic carboxylic acids is 1. The lowest BCUT2D eigenvalue weighted by Gasteiger charge is -2.08. The van der Waals surface area contributed by atoms with E-state index < -0.39 is 12.0 Å². The summed E-state index contributed by atoms with van der Waals surface area (Å²) in [6.45, 7) is 0.233. The van der Waals surface area contributed by atoms with Crippen molar-refractivity contribution in [3.63, 3.8) is 0 Å². The fraction of sp³-hybridized carbons (Fsp3) is 0.231. The van der Waals surface area contributed by atoms with Gasteiger partial charge in [0.25, 0.3) is 5.91 Å². The van der Waals surface area contributed by atoms with Crippen molar-refractivity contribution in [3.05, 3.63) is 48.1 Å². The highest BCUT2D eigenvalue weighted by atomic mass is 16.4. The van der Waals surface area contributed by atoms with Gasteiger partial charge in [0.2, 0.25) is 0 Å². The van der Waals surface area contributed by atoms with Gasteiger partial charge in [-0.05, 0) is 18.6 Å². The van der Waals surface area contributed by atoms with E-state index in [0.717, 1.165) is 0 Å². The Morgan fingerprint density at radius 3 is 2.61 bits per heavy atom. The van der Waals surface area contributed by atoms with Crippen molar-refractivity contribution < 1.29 is 14.7 Å². The first-order chi connectivity index (χ1) is 8.61. The molecule has 0 aromatic heterocycles. The minimum Gasteiger partial charge on any atom is -0.480 e. The van der Waals surface area contributed by atoms with E-state index in [2.05, 4.69) is 5.32 Å². The molecule has 96 valence electrons. The molecular weight excluding hydrogens is 232 g/mol. The SMILES string of the molecule is NC(CCNC(=O)C1=C/C=C\C=C/C=C\1)C(=O)O. The fourth-order valence-electron chi connectivity index (χ4n) is 1.28. The third-order valence-electron chi connectivity index (χ3n) is 2.32. The minimum atomic E-state index is -1.07. The predicted molar refractivity (Wildman–Crippen MR) is 68.7 cm³/mol. The molecule has 0 aromatic rings. The third-order valence-corrected chi connectivity index (χ3v) is 2.32. The number of nitrogens with two attached hydrogens (primary N) is 1. The van der Waals surface area contributed by atoms with Gasteiger partial charge in [-0.25, -0.2) is 0 Å². The molecule has 0 bridgehead atoms. The Kier molecular flexibility index (Phi) is 5.60. The van der Waals surface area contributed by atoms with Crippen LogP contribution in [0.5, 0.6) is 0 Å². The molecule has 5 nitrogen and oxygen atoms in total. The molecule has 1 unspecified atom stereocenters. The molecule has 18 heavy (non-hydrogen) atoms. The van der Waals surface area contributed by atoms with Gasteiger partial charge in [-0.1, -0.05) is 30.4 Å². The van der Waals surface area contributed by atoms with Crippen LogP contribution in [0.15, 0.2) is 48.1 Å². The average Bonchev–Trinajstić information content (AvgIpc) is 2.27. The molecule has 0 saturated heterocycles. The molecule has 0 spiro atoms. The Balaban J connectivity index is 2.43. The summed E-state index contributed by atoms with van der Waals surface area (Å²) in [5.41, 5.74) is 5.84. The summed E-state index contributed by atoms with van der Waals surface area (Å²) in [5, 5.41) is 11.2. The van der Waals surface area contributed by atoms with Crippen molar-refractivity contribution in [3.8, 4) is 0 Å². The van der Waals surface area contributed by atoms with Crippen LogP contribution in [0.1, 0.15) is 6.42 Å². The van der Waals surface area contributed by atoms with Crippen LogP contribution in [-0.2, 0) is 9.59 Å². The van der Waals surface area contributed by atoms with Gasteiger partial charge in [0, 0.05) is 12.1 Å². The lowest BCUT2D eigenvalue weighted by molar-refractivity contribution is -0.138. The number of nitrogens with one attached hydrogen (secondary N) is 1. The zero-order valence-corrected chi connectivity index (χ0v) is 9.87. The quantitative estimate of drug-likeness (QED) is 0.661. The molecule has 1 rings (SSSR count). The number of amides is 1. The average molecular weight is 248 g/mol. The minimum absolute atomic E-state index is 0.202. The molecule has 0 radical (unpaired) electrons. The Bertz CT molecular complexity index is 434. The van der Waals surface area contributed by atoms with Gasteiger partial charge in [0.05, 0.1) is 0 Å². The van der Waals surface area contributed by atoms with Crippen LogP contribution in [0.2, 0.25) is 0 Å². The van der Waals surface area contributed by atoms with Crippen molar-refractivity contribution in [2.75, 3.05) is 6.54 Å². The molecule has 5 heteroatoms. The highest BCUT2D eigenvalue weighted by molar-refractivity contribution is 5.96. The van der Waals surface area contributed by atoms with E-state index in [9.17, 15) is 9.59 Å². The van der Waals surface area contributed by atoms with Crippen LogP contribution >= 0.6 is 0 Å². The van der Waals surface area contributed by atoms with Crippen LogP contribution in [-0.4, -0.2) is 29.6 Å². The number of carboxylic acids is 1. The van der Waals surface area contributed by atoms with Crippen LogP contribution in [0.4, 0.5) is 0 Å². The summed E-state index contributed by atoms with van der Waals surface area (Å²) < 4.78 is 0. The van der Waals surface area contributed by atoms with Crippen LogP contribution in [0, 0.1) is 0 Å². The second-order valence-corrected chi connectivity index (χ2v) is 3.74. The molecule has 0 fully saturated rings. The van der Waals surface area contributed by atoms with Crippen molar-refractivity contribution in [1.82, 2.24) is 5.32 Å². The zero-order valence-electron chi connectivity index (χ0n) is 9.87. The van der Waals surface area contributed by atoms with Crippen LogP contribution in [0.25, 0.3) is 0 Å². The van der Waals surface area contributed by atoms with Gasteiger partial charge in [-0.2, -0.15) is 0 Å². The zero-order chi connectivity index (χ0) is 13.4. The normalized spacial score (nSPS) is 23.7. The molecular formula is C13H16N2O3. The van der Waals surface area contributed by atoms with Gasteiger partial charge >= 0.3 is 5.97 Å².